The Morgan fingerprint density at radius 1 is 1.29 bits per heavy atom. The third-order valence-corrected chi connectivity index (χ3v) is 1.76. The lowest BCUT2D eigenvalue weighted by Gasteiger charge is -2.13. The van der Waals surface area contributed by atoms with Crippen LogP contribution in [0.4, 0.5) is 22.0 Å². The van der Waals surface area contributed by atoms with Crippen LogP contribution in [0.5, 0.6) is 5.75 Å². The first kappa shape index (κ1) is 13.2. The highest BCUT2D eigenvalue weighted by Gasteiger charge is 2.33. The van der Waals surface area contributed by atoms with Gasteiger partial charge in [0.1, 0.15) is 5.75 Å². The Kier molecular flexibility index (Phi) is 3.54. The van der Waals surface area contributed by atoms with E-state index in [4.69, 9.17) is 5.73 Å². The Morgan fingerprint density at radius 2 is 1.88 bits per heavy atom. The van der Waals surface area contributed by atoms with E-state index < -0.39 is 30.0 Å². The molecular weight excluding hydrogens is 249 g/mol. The fourth-order valence-corrected chi connectivity index (χ4v) is 1.09. The highest BCUT2D eigenvalue weighted by Crippen LogP contribution is 2.33. The Morgan fingerprint density at radius 3 is 2.29 bits per heavy atom. The molecule has 0 bridgehead atoms. The number of ether oxygens (including phenoxy) is 1. The van der Waals surface area contributed by atoms with Gasteiger partial charge in [-0.05, 0) is 18.2 Å². The average Bonchev–Trinajstić information content (AvgIpc) is 2.14. The van der Waals surface area contributed by atoms with Crippen LogP contribution in [0.15, 0.2) is 18.2 Å². The lowest BCUT2D eigenvalue weighted by atomic mass is 10.1. The van der Waals surface area contributed by atoms with Gasteiger partial charge in [0.2, 0.25) is 5.91 Å². The van der Waals surface area contributed by atoms with Crippen LogP contribution in [0.2, 0.25) is 0 Å². The van der Waals surface area contributed by atoms with E-state index in [2.05, 4.69) is 4.74 Å². The summed E-state index contributed by atoms with van der Waals surface area (Å²) < 4.78 is 63.9. The van der Waals surface area contributed by atoms with Gasteiger partial charge in [-0.3, -0.25) is 4.79 Å². The Hall–Kier alpha value is -1.86. The number of alkyl halides is 5. The van der Waals surface area contributed by atoms with Crippen LogP contribution in [-0.4, -0.2) is 12.3 Å². The lowest BCUT2D eigenvalue weighted by Crippen LogP contribution is -2.19. The van der Waals surface area contributed by atoms with Crippen molar-refractivity contribution in [1.82, 2.24) is 0 Å². The first-order chi connectivity index (χ1) is 7.70. The number of primary amides is 1. The van der Waals surface area contributed by atoms with E-state index in [9.17, 15) is 26.7 Å². The SMILES string of the molecule is NC(=O)c1ccc(OC(F)(F)F)c(C(F)F)c1. The van der Waals surface area contributed by atoms with Crippen molar-refractivity contribution in [3.05, 3.63) is 29.3 Å². The van der Waals surface area contributed by atoms with Crippen molar-refractivity contribution < 1.29 is 31.5 Å². The summed E-state index contributed by atoms with van der Waals surface area (Å²) in [5, 5.41) is 0. The number of nitrogens with two attached hydrogens (primary N) is 1. The molecule has 17 heavy (non-hydrogen) atoms. The van der Waals surface area contributed by atoms with Crippen LogP contribution in [0.1, 0.15) is 22.3 Å². The van der Waals surface area contributed by atoms with Gasteiger partial charge in [-0.2, -0.15) is 0 Å². The van der Waals surface area contributed by atoms with E-state index in [0.29, 0.717) is 12.1 Å². The first-order valence-corrected chi connectivity index (χ1v) is 4.18. The van der Waals surface area contributed by atoms with Crippen LogP contribution < -0.4 is 10.5 Å². The molecule has 94 valence electrons. The predicted octanol–water partition coefficient (Wildman–Crippen LogP) is 2.62. The van der Waals surface area contributed by atoms with Crippen LogP contribution in [-0.2, 0) is 0 Å². The third-order valence-electron chi connectivity index (χ3n) is 1.76. The molecule has 0 heterocycles. The van der Waals surface area contributed by atoms with Gasteiger partial charge < -0.3 is 10.5 Å². The van der Waals surface area contributed by atoms with Crippen LogP contribution in [0.25, 0.3) is 0 Å². The number of benzene rings is 1. The minimum atomic E-state index is -5.09. The maximum atomic E-state index is 12.4. The summed E-state index contributed by atoms with van der Waals surface area (Å²) in [6, 6.07) is 2.05. The van der Waals surface area contributed by atoms with Gasteiger partial charge in [-0.1, -0.05) is 0 Å². The smallest absolute Gasteiger partial charge is 0.405 e. The van der Waals surface area contributed by atoms with Crippen molar-refractivity contribution in [1.29, 1.82) is 0 Å². The molecule has 2 N–H and O–H groups in total. The number of carbonyl (C=O) groups is 1. The summed E-state index contributed by atoms with van der Waals surface area (Å²) in [6.07, 6.45) is -8.30. The van der Waals surface area contributed by atoms with Crippen LogP contribution in [0, 0.1) is 0 Å². The molecule has 8 heteroatoms. The van der Waals surface area contributed by atoms with Crippen molar-refractivity contribution in [2.45, 2.75) is 12.8 Å². The van der Waals surface area contributed by atoms with Crippen molar-refractivity contribution in [3.8, 4) is 5.75 Å². The summed E-state index contributed by atoms with van der Waals surface area (Å²) in [5.41, 5.74) is 3.45. The molecule has 3 nitrogen and oxygen atoms in total. The van der Waals surface area contributed by atoms with Gasteiger partial charge in [0, 0.05) is 5.56 Å². The Balaban J connectivity index is 3.18. The molecule has 1 rings (SSSR count). The number of carbonyl (C=O) groups excluding carboxylic acids is 1. The van der Waals surface area contributed by atoms with E-state index in [1.54, 1.807) is 0 Å². The molecule has 0 aromatic heterocycles. The zero-order valence-electron chi connectivity index (χ0n) is 8.09. The molecular formula is C9H6F5NO2. The van der Waals surface area contributed by atoms with E-state index in [1.165, 1.54) is 0 Å². The Bertz CT molecular complexity index is 430. The number of halogens is 5. The molecule has 0 aliphatic carbocycles. The molecule has 0 fully saturated rings. The molecule has 0 spiro atoms. The van der Waals surface area contributed by atoms with Gasteiger partial charge in [0.05, 0.1) is 5.56 Å². The minimum Gasteiger partial charge on any atom is -0.405 e. The normalized spacial score (nSPS) is 11.6. The van der Waals surface area contributed by atoms with Gasteiger partial charge in [-0.25, -0.2) is 8.78 Å². The van der Waals surface area contributed by atoms with Gasteiger partial charge in [0.25, 0.3) is 6.43 Å². The minimum absolute atomic E-state index is 0.324. The van der Waals surface area contributed by atoms with E-state index in [-0.39, 0.29) is 5.56 Å². The molecule has 1 aromatic rings. The van der Waals surface area contributed by atoms with E-state index >= 15 is 0 Å². The van der Waals surface area contributed by atoms with Crippen molar-refractivity contribution >= 4 is 5.91 Å². The quantitative estimate of drug-likeness (QED) is 0.844. The predicted molar refractivity (Wildman–Crippen MR) is 46.6 cm³/mol. The van der Waals surface area contributed by atoms with Crippen LogP contribution in [0.3, 0.4) is 0 Å². The molecule has 1 amide bonds. The summed E-state index contributed by atoms with van der Waals surface area (Å²) in [7, 11) is 0. The zero-order valence-corrected chi connectivity index (χ0v) is 8.09. The molecule has 1 aromatic carbocycles. The summed E-state index contributed by atoms with van der Waals surface area (Å²) >= 11 is 0. The molecule has 0 aliphatic heterocycles. The number of hydrogen-bond donors (Lipinski definition) is 1. The number of rotatable bonds is 3. The highest BCUT2D eigenvalue weighted by atomic mass is 19.4. The molecule has 0 unspecified atom stereocenters. The number of hydrogen-bond acceptors (Lipinski definition) is 2. The second kappa shape index (κ2) is 4.56. The first-order valence-electron chi connectivity index (χ1n) is 4.18. The topological polar surface area (TPSA) is 52.3 Å². The average molecular weight is 255 g/mol. The summed E-state index contributed by atoms with van der Waals surface area (Å²) in [4.78, 5) is 10.7. The zero-order chi connectivity index (χ0) is 13.2. The maximum absolute atomic E-state index is 12.4. The second-order valence-corrected chi connectivity index (χ2v) is 2.97. The molecule has 0 atom stereocenters. The van der Waals surface area contributed by atoms with E-state index in [1.807, 2.05) is 0 Å². The molecule has 0 saturated heterocycles. The molecule has 0 radical (unpaired) electrons. The monoisotopic (exact) mass is 255 g/mol. The summed E-state index contributed by atoms with van der Waals surface area (Å²) in [6.45, 7) is 0. The number of amides is 1. The fourth-order valence-electron chi connectivity index (χ4n) is 1.09. The Labute approximate surface area is 92.0 Å². The van der Waals surface area contributed by atoms with Crippen molar-refractivity contribution in [3.63, 3.8) is 0 Å². The fraction of sp³-hybridized carbons (Fsp3) is 0.222. The summed E-state index contributed by atoms with van der Waals surface area (Å²) in [5.74, 6) is -2.08. The maximum Gasteiger partial charge on any atom is 0.573 e. The molecule has 0 aliphatic rings. The largest absolute Gasteiger partial charge is 0.573 e. The highest BCUT2D eigenvalue weighted by molar-refractivity contribution is 5.93. The molecule has 0 saturated carbocycles. The van der Waals surface area contributed by atoms with Crippen LogP contribution >= 0.6 is 0 Å². The van der Waals surface area contributed by atoms with Gasteiger partial charge in [-0.15, -0.1) is 13.2 Å². The third kappa shape index (κ3) is 3.58. The lowest BCUT2D eigenvalue weighted by molar-refractivity contribution is -0.275. The van der Waals surface area contributed by atoms with Gasteiger partial charge in [0.15, 0.2) is 0 Å². The van der Waals surface area contributed by atoms with Gasteiger partial charge >= 0.3 is 6.36 Å². The standard InChI is InChI=1S/C9H6F5NO2/c10-7(11)5-3-4(8(15)16)1-2-6(5)17-9(12,13)14/h1-3,7H,(H2,15,16). The second-order valence-electron chi connectivity index (χ2n) is 2.97. The van der Waals surface area contributed by atoms with Crippen molar-refractivity contribution in [2.75, 3.05) is 0 Å². The van der Waals surface area contributed by atoms with Crippen molar-refractivity contribution in [2.24, 2.45) is 5.73 Å². The van der Waals surface area contributed by atoms with E-state index in [0.717, 1.165) is 6.07 Å².